The van der Waals surface area contributed by atoms with Crippen LogP contribution in [0.15, 0.2) is 48.5 Å². The Balaban J connectivity index is 1.85. The molecule has 0 saturated heterocycles. The van der Waals surface area contributed by atoms with Gasteiger partial charge in [-0.25, -0.2) is 8.78 Å². The standard InChI is InChI=1S/C16H15F2NO2/c17-13-7-6-12(10-14(13)18)16(21)19-9-8-15(20)11-4-2-1-3-5-11/h1-7,10,15,20H,8-9H2,(H,19,21). The molecule has 0 radical (unpaired) electrons. The van der Waals surface area contributed by atoms with Crippen molar-refractivity contribution in [1.82, 2.24) is 5.32 Å². The lowest BCUT2D eigenvalue weighted by Gasteiger charge is -2.11. The minimum atomic E-state index is -1.06. The number of carbonyl (C=O) groups is 1. The molecule has 2 aromatic rings. The number of benzene rings is 2. The first-order valence-electron chi connectivity index (χ1n) is 6.54. The van der Waals surface area contributed by atoms with Gasteiger partial charge in [0.1, 0.15) is 0 Å². The van der Waals surface area contributed by atoms with Gasteiger partial charge < -0.3 is 10.4 Å². The summed E-state index contributed by atoms with van der Waals surface area (Å²) in [5, 5.41) is 12.5. The first kappa shape index (κ1) is 15.1. The highest BCUT2D eigenvalue weighted by atomic mass is 19.2. The van der Waals surface area contributed by atoms with Crippen molar-refractivity contribution in [2.24, 2.45) is 0 Å². The molecule has 1 unspecified atom stereocenters. The van der Waals surface area contributed by atoms with Crippen LogP contribution in [-0.2, 0) is 0 Å². The second-order valence-electron chi connectivity index (χ2n) is 4.60. The van der Waals surface area contributed by atoms with Crippen molar-refractivity contribution in [2.45, 2.75) is 12.5 Å². The van der Waals surface area contributed by atoms with Crippen molar-refractivity contribution < 1.29 is 18.7 Å². The zero-order valence-corrected chi connectivity index (χ0v) is 11.2. The smallest absolute Gasteiger partial charge is 0.251 e. The van der Waals surface area contributed by atoms with Gasteiger partial charge in [0.25, 0.3) is 5.91 Å². The third-order valence-corrected chi connectivity index (χ3v) is 3.07. The maximum Gasteiger partial charge on any atom is 0.251 e. The van der Waals surface area contributed by atoms with Crippen LogP contribution in [0.3, 0.4) is 0 Å². The Hall–Kier alpha value is -2.27. The molecule has 0 fully saturated rings. The Morgan fingerprint density at radius 1 is 1.10 bits per heavy atom. The van der Waals surface area contributed by atoms with Gasteiger partial charge in [-0.1, -0.05) is 30.3 Å². The second kappa shape index (κ2) is 6.95. The van der Waals surface area contributed by atoms with Gasteiger partial charge >= 0.3 is 0 Å². The average molecular weight is 291 g/mol. The summed E-state index contributed by atoms with van der Waals surface area (Å²) < 4.78 is 25.8. The Labute approximate surface area is 121 Å². The number of amides is 1. The van der Waals surface area contributed by atoms with Gasteiger partial charge in [-0.3, -0.25) is 4.79 Å². The van der Waals surface area contributed by atoms with E-state index >= 15 is 0 Å². The van der Waals surface area contributed by atoms with Crippen LogP contribution in [0, 0.1) is 11.6 Å². The highest BCUT2D eigenvalue weighted by molar-refractivity contribution is 5.94. The van der Waals surface area contributed by atoms with Crippen LogP contribution in [0.1, 0.15) is 28.4 Å². The zero-order valence-electron chi connectivity index (χ0n) is 11.2. The SMILES string of the molecule is O=C(NCCC(O)c1ccccc1)c1ccc(F)c(F)c1. The monoisotopic (exact) mass is 291 g/mol. The van der Waals surface area contributed by atoms with Gasteiger partial charge in [-0.15, -0.1) is 0 Å². The van der Waals surface area contributed by atoms with Gasteiger partial charge in [0.05, 0.1) is 6.10 Å². The van der Waals surface area contributed by atoms with Gasteiger partial charge in [0.2, 0.25) is 0 Å². The van der Waals surface area contributed by atoms with Crippen molar-refractivity contribution in [3.63, 3.8) is 0 Å². The van der Waals surface area contributed by atoms with Crippen LogP contribution in [0.5, 0.6) is 0 Å². The highest BCUT2D eigenvalue weighted by Crippen LogP contribution is 2.15. The molecule has 0 bridgehead atoms. The fourth-order valence-electron chi connectivity index (χ4n) is 1.90. The summed E-state index contributed by atoms with van der Waals surface area (Å²) in [5.41, 5.74) is 0.808. The Morgan fingerprint density at radius 3 is 2.48 bits per heavy atom. The Bertz CT molecular complexity index is 617. The third-order valence-electron chi connectivity index (χ3n) is 3.07. The predicted molar refractivity (Wildman–Crippen MR) is 74.7 cm³/mol. The number of nitrogens with one attached hydrogen (secondary N) is 1. The molecule has 0 aromatic heterocycles. The first-order chi connectivity index (χ1) is 10.1. The third kappa shape index (κ3) is 4.10. The number of aliphatic hydroxyl groups is 1. The maximum absolute atomic E-state index is 13.0. The molecule has 110 valence electrons. The lowest BCUT2D eigenvalue weighted by atomic mass is 10.1. The molecule has 0 aliphatic heterocycles. The number of halogens is 2. The second-order valence-corrected chi connectivity index (χ2v) is 4.60. The van der Waals surface area contributed by atoms with Crippen LogP contribution in [0.25, 0.3) is 0 Å². The number of rotatable bonds is 5. The van der Waals surface area contributed by atoms with E-state index in [4.69, 9.17) is 0 Å². The normalized spacial score (nSPS) is 12.0. The molecule has 5 heteroatoms. The lowest BCUT2D eigenvalue weighted by Crippen LogP contribution is -2.25. The summed E-state index contributed by atoms with van der Waals surface area (Å²) in [4.78, 5) is 11.7. The molecular weight excluding hydrogens is 276 g/mol. The molecule has 0 aliphatic carbocycles. The first-order valence-corrected chi connectivity index (χ1v) is 6.54. The number of carbonyl (C=O) groups excluding carboxylic acids is 1. The number of hydrogen-bond acceptors (Lipinski definition) is 2. The lowest BCUT2D eigenvalue weighted by molar-refractivity contribution is 0.0942. The molecule has 0 spiro atoms. The molecule has 0 saturated carbocycles. The van der Waals surface area contributed by atoms with E-state index in [2.05, 4.69) is 5.32 Å². The summed E-state index contributed by atoms with van der Waals surface area (Å²) in [5.74, 6) is -2.56. The molecule has 2 N–H and O–H groups in total. The molecule has 1 amide bonds. The highest BCUT2D eigenvalue weighted by Gasteiger charge is 2.11. The molecule has 1 atom stereocenters. The minimum absolute atomic E-state index is 0.0445. The summed E-state index contributed by atoms with van der Waals surface area (Å²) in [6.45, 7) is 0.230. The van der Waals surface area contributed by atoms with Crippen LogP contribution >= 0.6 is 0 Å². The van der Waals surface area contributed by atoms with Crippen LogP contribution in [-0.4, -0.2) is 17.6 Å². The van der Waals surface area contributed by atoms with Crippen molar-refractivity contribution in [1.29, 1.82) is 0 Å². The fourth-order valence-corrected chi connectivity index (χ4v) is 1.90. The van der Waals surface area contributed by atoms with E-state index in [1.54, 1.807) is 12.1 Å². The van der Waals surface area contributed by atoms with E-state index in [1.807, 2.05) is 18.2 Å². The van der Waals surface area contributed by atoms with Crippen molar-refractivity contribution in [3.05, 3.63) is 71.3 Å². The zero-order chi connectivity index (χ0) is 15.2. The van der Waals surface area contributed by atoms with Crippen LogP contribution in [0.2, 0.25) is 0 Å². The molecule has 3 nitrogen and oxygen atoms in total. The van der Waals surface area contributed by atoms with Crippen molar-refractivity contribution in [2.75, 3.05) is 6.54 Å². The average Bonchev–Trinajstić information content (AvgIpc) is 2.50. The molecule has 0 heterocycles. The Kier molecular flexibility index (Phi) is 5.00. The van der Waals surface area contributed by atoms with E-state index in [-0.39, 0.29) is 12.1 Å². The van der Waals surface area contributed by atoms with Crippen molar-refractivity contribution in [3.8, 4) is 0 Å². The number of aliphatic hydroxyl groups excluding tert-OH is 1. The molecule has 2 aromatic carbocycles. The van der Waals surface area contributed by atoms with E-state index in [0.717, 1.165) is 17.7 Å². The molecule has 2 rings (SSSR count). The summed E-state index contributed by atoms with van der Waals surface area (Å²) in [6.07, 6.45) is -0.351. The van der Waals surface area contributed by atoms with Crippen LogP contribution in [0.4, 0.5) is 8.78 Å². The Morgan fingerprint density at radius 2 is 1.81 bits per heavy atom. The summed E-state index contributed by atoms with van der Waals surface area (Å²) in [7, 11) is 0. The van der Waals surface area contributed by atoms with E-state index in [9.17, 15) is 18.7 Å². The topological polar surface area (TPSA) is 49.3 Å². The summed E-state index contributed by atoms with van der Waals surface area (Å²) in [6, 6.07) is 12.0. The predicted octanol–water partition coefficient (Wildman–Crippen LogP) is 2.82. The van der Waals surface area contributed by atoms with Gasteiger partial charge in [-0.2, -0.15) is 0 Å². The maximum atomic E-state index is 13.0. The van der Waals surface area contributed by atoms with Crippen LogP contribution < -0.4 is 5.32 Å². The fraction of sp³-hybridized carbons (Fsp3) is 0.188. The van der Waals surface area contributed by atoms with E-state index < -0.39 is 23.6 Å². The number of hydrogen-bond donors (Lipinski definition) is 2. The quantitative estimate of drug-likeness (QED) is 0.890. The molecule has 0 aliphatic rings. The molecular formula is C16H15F2NO2. The van der Waals surface area contributed by atoms with E-state index in [1.165, 1.54) is 6.07 Å². The van der Waals surface area contributed by atoms with Crippen molar-refractivity contribution >= 4 is 5.91 Å². The van der Waals surface area contributed by atoms with Gasteiger partial charge in [0.15, 0.2) is 11.6 Å². The summed E-state index contributed by atoms with van der Waals surface area (Å²) >= 11 is 0. The largest absolute Gasteiger partial charge is 0.388 e. The van der Waals surface area contributed by atoms with Gasteiger partial charge in [-0.05, 0) is 30.2 Å². The van der Waals surface area contributed by atoms with Gasteiger partial charge in [0, 0.05) is 12.1 Å². The van der Waals surface area contributed by atoms with E-state index in [0.29, 0.717) is 6.42 Å². The molecule has 21 heavy (non-hydrogen) atoms. The minimum Gasteiger partial charge on any atom is -0.388 e.